The lowest BCUT2D eigenvalue weighted by molar-refractivity contribution is 0.0697. The first-order valence-corrected chi connectivity index (χ1v) is 6.55. The predicted octanol–water partition coefficient (Wildman–Crippen LogP) is 4.08. The fraction of sp³-hybridized carbons (Fsp3) is 0.235. The second kappa shape index (κ2) is 5.37. The molecule has 0 saturated carbocycles. The van der Waals surface area contributed by atoms with Crippen molar-refractivity contribution in [3.63, 3.8) is 0 Å². The smallest absolute Gasteiger partial charge is 0.335 e. The molecule has 0 aliphatic heterocycles. The third-order valence-corrected chi connectivity index (χ3v) is 3.87. The van der Waals surface area contributed by atoms with Gasteiger partial charge in [0.2, 0.25) is 0 Å². The quantitative estimate of drug-likeness (QED) is 0.912. The first-order valence-electron chi connectivity index (χ1n) is 6.55. The van der Waals surface area contributed by atoms with Crippen LogP contribution in [-0.2, 0) is 0 Å². The zero-order chi connectivity index (χ0) is 14.9. The summed E-state index contributed by atoms with van der Waals surface area (Å²) in [5.74, 6) is -0.906. The lowest BCUT2D eigenvalue weighted by Crippen LogP contribution is -2.12. The molecule has 0 amide bonds. The molecule has 0 radical (unpaired) electrons. The molecule has 0 saturated heterocycles. The van der Waals surface area contributed by atoms with Crippen LogP contribution in [0.5, 0.6) is 0 Å². The van der Waals surface area contributed by atoms with Crippen molar-refractivity contribution in [2.45, 2.75) is 20.8 Å². The monoisotopic (exact) mass is 269 g/mol. The molecule has 0 heterocycles. The largest absolute Gasteiger partial charge is 0.478 e. The predicted molar refractivity (Wildman–Crippen MR) is 82.1 cm³/mol. The van der Waals surface area contributed by atoms with Crippen LogP contribution in [0.1, 0.15) is 27.0 Å². The van der Waals surface area contributed by atoms with Gasteiger partial charge < -0.3 is 10.0 Å². The maximum absolute atomic E-state index is 11.1. The lowest BCUT2D eigenvalue weighted by atomic mass is 10.0. The molecule has 0 fully saturated rings. The van der Waals surface area contributed by atoms with Gasteiger partial charge in [-0.15, -0.1) is 0 Å². The fourth-order valence-corrected chi connectivity index (χ4v) is 2.29. The minimum absolute atomic E-state index is 0.302. The summed E-state index contributed by atoms with van der Waals surface area (Å²) in [4.78, 5) is 13.1. The molecule has 2 rings (SSSR count). The third-order valence-electron chi connectivity index (χ3n) is 3.87. The maximum atomic E-state index is 11.1. The molecule has 0 aliphatic rings. The summed E-state index contributed by atoms with van der Waals surface area (Å²) in [7, 11) is 1.96. The van der Waals surface area contributed by atoms with Crippen LogP contribution >= 0.6 is 0 Å². The summed E-state index contributed by atoms with van der Waals surface area (Å²) in [6.45, 7) is 6.29. The van der Waals surface area contributed by atoms with E-state index in [9.17, 15) is 4.79 Å². The first-order chi connectivity index (χ1) is 9.41. The Morgan fingerprint density at radius 3 is 2.40 bits per heavy atom. The molecule has 2 aromatic carbocycles. The van der Waals surface area contributed by atoms with E-state index in [0.717, 1.165) is 11.4 Å². The van der Waals surface area contributed by atoms with E-state index in [1.807, 2.05) is 18.0 Å². The summed E-state index contributed by atoms with van der Waals surface area (Å²) in [6, 6.07) is 11.1. The Hall–Kier alpha value is -2.29. The highest BCUT2D eigenvalue weighted by Crippen LogP contribution is 2.30. The van der Waals surface area contributed by atoms with Gasteiger partial charge in [0.05, 0.1) is 5.56 Å². The van der Waals surface area contributed by atoms with Gasteiger partial charge in [-0.05, 0) is 61.7 Å². The molecule has 3 nitrogen and oxygen atoms in total. The van der Waals surface area contributed by atoms with Crippen LogP contribution in [0.4, 0.5) is 11.4 Å². The standard InChI is InChI=1S/C17H19NO2/c1-11-8-9-16(13(3)12(11)2)18(4)15-7-5-6-14(10-15)17(19)20/h5-10H,1-4H3,(H,19,20). The molecular weight excluding hydrogens is 250 g/mol. The van der Waals surface area contributed by atoms with Gasteiger partial charge in [-0.1, -0.05) is 12.1 Å². The van der Waals surface area contributed by atoms with Gasteiger partial charge in [0.15, 0.2) is 0 Å². The number of aryl methyl sites for hydroxylation is 1. The lowest BCUT2D eigenvalue weighted by Gasteiger charge is -2.23. The second-order valence-corrected chi connectivity index (χ2v) is 5.07. The maximum Gasteiger partial charge on any atom is 0.335 e. The highest BCUT2D eigenvalue weighted by Gasteiger charge is 2.11. The minimum atomic E-state index is -0.906. The van der Waals surface area contributed by atoms with Crippen molar-refractivity contribution in [2.75, 3.05) is 11.9 Å². The van der Waals surface area contributed by atoms with Gasteiger partial charge in [-0.25, -0.2) is 4.79 Å². The molecule has 3 heteroatoms. The van der Waals surface area contributed by atoms with E-state index in [1.165, 1.54) is 16.7 Å². The average Bonchev–Trinajstić information content (AvgIpc) is 2.44. The Morgan fingerprint density at radius 2 is 1.75 bits per heavy atom. The molecule has 1 N–H and O–H groups in total. The molecule has 0 aromatic heterocycles. The summed E-state index contributed by atoms with van der Waals surface area (Å²) in [5.41, 5.74) is 6.01. The van der Waals surface area contributed by atoms with Gasteiger partial charge in [-0.3, -0.25) is 0 Å². The molecule has 0 aliphatic carbocycles. The van der Waals surface area contributed by atoms with Crippen molar-refractivity contribution in [2.24, 2.45) is 0 Å². The highest BCUT2D eigenvalue weighted by atomic mass is 16.4. The van der Waals surface area contributed by atoms with E-state index in [-0.39, 0.29) is 0 Å². The van der Waals surface area contributed by atoms with Crippen LogP contribution < -0.4 is 4.90 Å². The molecular formula is C17H19NO2. The van der Waals surface area contributed by atoms with Crippen molar-refractivity contribution >= 4 is 17.3 Å². The van der Waals surface area contributed by atoms with Crippen molar-refractivity contribution in [3.05, 3.63) is 58.7 Å². The van der Waals surface area contributed by atoms with E-state index in [1.54, 1.807) is 18.2 Å². The number of carboxylic acid groups (broad SMARTS) is 1. The second-order valence-electron chi connectivity index (χ2n) is 5.07. The SMILES string of the molecule is Cc1ccc(N(C)c2cccc(C(=O)O)c2)c(C)c1C. The number of anilines is 2. The average molecular weight is 269 g/mol. The van der Waals surface area contributed by atoms with E-state index in [0.29, 0.717) is 5.56 Å². The van der Waals surface area contributed by atoms with E-state index in [4.69, 9.17) is 5.11 Å². The number of aromatic carboxylic acids is 1. The number of carboxylic acids is 1. The molecule has 104 valence electrons. The van der Waals surface area contributed by atoms with Crippen LogP contribution in [0, 0.1) is 20.8 Å². The van der Waals surface area contributed by atoms with Crippen LogP contribution in [0.15, 0.2) is 36.4 Å². The third kappa shape index (κ3) is 2.52. The van der Waals surface area contributed by atoms with Crippen LogP contribution in [0.3, 0.4) is 0 Å². The van der Waals surface area contributed by atoms with Gasteiger partial charge in [-0.2, -0.15) is 0 Å². The van der Waals surface area contributed by atoms with Gasteiger partial charge in [0, 0.05) is 18.4 Å². The number of hydrogen-bond acceptors (Lipinski definition) is 2. The van der Waals surface area contributed by atoms with E-state index in [2.05, 4.69) is 32.9 Å². The van der Waals surface area contributed by atoms with Crippen LogP contribution in [0.2, 0.25) is 0 Å². The molecule has 20 heavy (non-hydrogen) atoms. The van der Waals surface area contributed by atoms with Crippen molar-refractivity contribution in [3.8, 4) is 0 Å². The Kier molecular flexibility index (Phi) is 3.79. The fourth-order valence-electron chi connectivity index (χ4n) is 2.29. The van der Waals surface area contributed by atoms with Crippen LogP contribution in [0.25, 0.3) is 0 Å². The Bertz CT molecular complexity index is 662. The van der Waals surface area contributed by atoms with Gasteiger partial charge >= 0.3 is 5.97 Å². The van der Waals surface area contributed by atoms with Crippen molar-refractivity contribution < 1.29 is 9.90 Å². The number of rotatable bonds is 3. The number of benzene rings is 2. The minimum Gasteiger partial charge on any atom is -0.478 e. The summed E-state index contributed by atoms with van der Waals surface area (Å²) in [5, 5.41) is 9.08. The summed E-state index contributed by atoms with van der Waals surface area (Å²) >= 11 is 0. The summed E-state index contributed by atoms with van der Waals surface area (Å²) in [6.07, 6.45) is 0. The zero-order valence-electron chi connectivity index (χ0n) is 12.3. The van der Waals surface area contributed by atoms with Crippen molar-refractivity contribution in [1.82, 2.24) is 0 Å². The Labute approximate surface area is 119 Å². The van der Waals surface area contributed by atoms with E-state index < -0.39 is 5.97 Å². The van der Waals surface area contributed by atoms with E-state index >= 15 is 0 Å². The number of hydrogen-bond donors (Lipinski definition) is 1. The Morgan fingerprint density at radius 1 is 1.05 bits per heavy atom. The molecule has 0 atom stereocenters. The van der Waals surface area contributed by atoms with Crippen LogP contribution in [-0.4, -0.2) is 18.1 Å². The topological polar surface area (TPSA) is 40.5 Å². The summed E-state index contributed by atoms with van der Waals surface area (Å²) < 4.78 is 0. The first kappa shape index (κ1) is 14.1. The molecule has 2 aromatic rings. The highest BCUT2D eigenvalue weighted by molar-refractivity contribution is 5.89. The molecule has 0 spiro atoms. The molecule has 0 unspecified atom stereocenters. The van der Waals surface area contributed by atoms with Gasteiger partial charge in [0.25, 0.3) is 0 Å². The van der Waals surface area contributed by atoms with Crippen molar-refractivity contribution in [1.29, 1.82) is 0 Å². The number of carbonyl (C=O) groups is 1. The normalized spacial score (nSPS) is 10.4. The Balaban J connectivity index is 2.46. The molecule has 0 bridgehead atoms. The van der Waals surface area contributed by atoms with Gasteiger partial charge in [0.1, 0.15) is 0 Å². The number of nitrogens with zero attached hydrogens (tertiary/aromatic N) is 1. The zero-order valence-corrected chi connectivity index (χ0v) is 12.3.